The van der Waals surface area contributed by atoms with Gasteiger partial charge in [0.05, 0.1) is 5.60 Å². The third-order valence-electron chi connectivity index (χ3n) is 7.64. The van der Waals surface area contributed by atoms with Crippen LogP contribution in [0.1, 0.15) is 82.8 Å². The van der Waals surface area contributed by atoms with Crippen molar-refractivity contribution in [2.24, 2.45) is 17.3 Å². The van der Waals surface area contributed by atoms with Crippen LogP contribution in [0, 0.1) is 17.3 Å². The smallest absolute Gasteiger partial charge is 0.115 e. The minimum Gasteiger partial charge on any atom is -0.508 e. The summed E-state index contributed by atoms with van der Waals surface area (Å²) in [7, 11) is 0. The molecule has 1 saturated heterocycles. The van der Waals surface area contributed by atoms with Gasteiger partial charge in [0, 0.05) is 6.61 Å². The lowest BCUT2D eigenvalue weighted by atomic mass is 9.50. The number of ether oxygens (including phenoxy) is 1. The number of phenolic OH excluding ortho intramolecular Hbond substituents is 1. The van der Waals surface area contributed by atoms with E-state index in [2.05, 4.69) is 26.8 Å². The molecule has 1 saturated carbocycles. The van der Waals surface area contributed by atoms with Crippen LogP contribution in [-0.2, 0) is 11.2 Å². The molecule has 1 spiro atoms. The van der Waals surface area contributed by atoms with Crippen molar-refractivity contribution >= 4 is 0 Å². The second-order valence-corrected chi connectivity index (χ2v) is 9.65. The molecule has 0 aromatic heterocycles. The number of fused-ring (bicyclic) bond motifs is 3. The molecule has 1 aliphatic heterocycles. The Morgan fingerprint density at radius 3 is 2.80 bits per heavy atom. The van der Waals surface area contributed by atoms with Gasteiger partial charge >= 0.3 is 0 Å². The lowest BCUT2D eigenvalue weighted by Crippen LogP contribution is -2.50. The molecule has 1 aromatic rings. The standard InChI is InChI=1S/C23H34O2/c1-16(2)5-6-18-14-23(10-4-12-25-23)15-21-20-8-7-19(24)13-17(20)9-11-22(18,21)3/h7-8,13,16,18,21,24H,4-6,9-12,14-15H2,1-3H3/t18-,21+,22-,23+/m0/s1. The van der Waals surface area contributed by atoms with Crippen molar-refractivity contribution in [1.29, 1.82) is 0 Å². The predicted molar refractivity (Wildman–Crippen MR) is 102 cm³/mol. The summed E-state index contributed by atoms with van der Waals surface area (Å²) in [5.41, 5.74) is 3.38. The fourth-order valence-corrected chi connectivity index (χ4v) is 6.09. The maximum Gasteiger partial charge on any atom is 0.115 e. The van der Waals surface area contributed by atoms with Crippen LogP contribution in [0.25, 0.3) is 0 Å². The first-order valence-electron chi connectivity index (χ1n) is 10.4. The third kappa shape index (κ3) is 3.01. The Morgan fingerprint density at radius 1 is 1.24 bits per heavy atom. The first-order valence-corrected chi connectivity index (χ1v) is 10.4. The predicted octanol–water partition coefficient (Wildman–Crippen LogP) is 5.82. The molecule has 2 nitrogen and oxygen atoms in total. The van der Waals surface area contributed by atoms with Gasteiger partial charge in [-0.15, -0.1) is 0 Å². The molecule has 0 amide bonds. The summed E-state index contributed by atoms with van der Waals surface area (Å²) in [6.45, 7) is 8.20. The van der Waals surface area contributed by atoms with E-state index in [1.54, 1.807) is 0 Å². The molecule has 1 heterocycles. The molecule has 4 rings (SSSR count). The van der Waals surface area contributed by atoms with Crippen LogP contribution in [-0.4, -0.2) is 17.3 Å². The van der Waals surface area contributed by atoms with Gasteiger partial charge in [0.25, 0.3) is 0 Å². The number of phenols is 1. The number of hydrogen-bond acceptors (Lipinski definition) is 2. The number of rotatable bonds is 3. The summed E-state index contributed by atoms with van der Waals surface area (Å²) in [4.78, 5) is 0. The van der Waals surface area contributed by atoms with Crippen LogP contribution < -0.4 is 0 Å². The van der Waals surface area contributed by atoms with E-state index in [1.807, 2.05) is 12.1 Å². The highest BCUT2D eigenvalue weighted by Crippen LogP contribution is 2.62. The highest BCUT2D eigenvalue weighted by Gasteiger charge is 2.55. The molecule has 25 heavy (non-hydrogen) atoms. The van der Waals surface area contributed by atoms with Crippen molar-refractivity contribution < 1.29 is 9.84 Å². The van der Waals surface area contributed by atoms with E-state index in [9.17, 15) is 5.11 Å². The van der Waals surface area contributed by atoms with E-state index >= 15 is 0 Å². The van der Waals surface area contributed by atoms with Crippen LogP contribution in [0.5, 0.6) is 5.75 Å². The fraction of sp³-hybridized carbons (Fsp3) is 0.739. The van der Waals surface area contributed by atoms with Gasteiger partial charge in [-0.3, -0.25) is 0 Å². The van der Waals surface area contributed by atoms with Gasteiger partial charge in [0.1, 0.15) is 5.75 Å². The van der Waals surface area contributed by atoms with Crippen molar-refractivity contribution in [3.63, 3.8) is 0 Å². The molecule has 1 N–H and O–H groups in total. The molecular formula is C23H34O2. The van der Waals surface area contributed by atoms with E-state index in [4.69, 9.17) is 4.74 Å². The van der Waals surface area contributed by atoms with Crippen molar-refractivity contribution in [2.45, 2.75) is 83.7 Å². The largest absolute Gasteiger partial charge is 0.508 e. The SMILES string of the molecule is CC(C)CC[C@H]1C[C@]2(CCCO2)C[C@@H]2c3ccc(O)cc3CC[C@@]12C. The molecule has 2 fully saturated rings. The minimum absolute atomic E-state index is 0.123. The van der Waals surface area contributed by atoms with Crippen LogP contribution in [0.4, 0.5) is 0 Å². The van der Waals surface area contributed by atoms with Gasteiger partial charge in [0.15, 0.2) is 0 Å². The summed E-state index contributed by atoms with van der Waals surface area (Å²) < 4.78 is 6.40. The monoisotopic (exact) mass is 342 g/mol. The van der Waals surface area contributed by atoms with E-state index in [0.29, 0.717) is 17.1 Å². The summed E-state index contributed by atoms with van der Waals surface area (Å²) in [5.74, 6) is 2.54. The summed E-state index contributed by atoms with van der Waals surface area (Å²) in [6.07, 6.45) is 9.94. The molecule has 138 valence electrons. The Balaban J connectivity index is 1.71. The Bertz CT molecular complexity index is 629. The van der Waals surface area contributed by atoms with E-state index in [-0.39, 0.29) is 5.60 Å². The second-order valence-electron chi connectivity index (χ2n) is 9.65. The maximum atomic E-state index is 9.93. The van der Waals surface area contributed by atoms with Crippen molar-refractivity contribution in [3.8, 4) is 5.75 Å². The lowest BCUT2D eigenvalue weighted by molar-refractivity contribution is -0.0989. The molecule has 2 heteroatoms. The third-order valence-corrected chi connectivity index (χ3v) is 7.64. The molecule has 4 atom stereocenters. The van der Waals surface area contributed by atoms with Crippen LogP contribution in [0.15, 0.2) is 18.2 Å². The quantitative estimate of drug-likeness (QED) is 0.749. The molecule has 2 aliphatic carbocycles. The average molecular weight is 343 g/mol. The van der Waals surface area contributed by atoms with Gasteiger partial charge in [0.2, 0.25) is 0 Å². The van der Waals surface area contributed by atoms with Gasteiger partial charge < -0.3 is 9.84 Å². The highest BCUT2D eigenvalue weighted by atomic mass is 16.5. The number of aryl methyl sites for hydroxylation is 1. The zero-order valence-corrected chi connectivity index (χ0v) is 16.2. The van der Waals surface area contributed by atoms with Crippen molar-refractivity contribution in [2.75, 3.05) is 6.61 Å². The first-order chi connectivity index (χ1) is 11.9. The molecule has 0 radical (unpaired) electrons. The maximum absolute atomic E-state index is 9.93. The van der Waals surface area contributed by atoms with Crippen molar-refractivity contribution in [1.82, 2.24) is 0 Å². The Kier molecular flexibility index (Phi) is 4.38. The minimum atomic E-state index is 0.123. The zero-order valence-electron chi connectivity index (χ0n) is 16.2. The number of benzene rings is 1. The lowest BCUT2D eigenvalue weighted by Gasteiger charge is -2.56. The Hall–Kier alpha value is -1.02. The molecule has 0 unspecified atom stereocenters. The second kappa shape index (κ2) is 6.30. The van der Waals surface area contributed by atoms with Gasteiger partial charge in [-0.25, -0.2) is 0 Å². The molecule has 1 aromatic carbocycles. The van der Waals surface area contributed by atoms with Gasteiger partial charge in [-0.05, 0) is 91.4 Å². The van der Waals surface area contributed by atoms with E-state index in [1.165, 1.54) is 56.1 Å². The Labute approximate surface area is 153 Å². The van der Waals surface area contributed by atoms with E-state index < -0.39 is 0 Å². The van der Waals surface area contributed by atoms with Gasteiger partial charge in [-0.1, -0.05) is 33.3 Å². The highest BCUT2D eigenvalue weighted by molar-refractivity contribution is 5.41. The molecule has 3 aliphatic rings. The summed E-state index contributed by atoms with van der Waals surface area (Å²) >= 11 is 0. The zero-order chi connectivity index (χ0) is 17.7. The van der Waals surface area contributed by atoms with Crippen LogP contribution in [0.3, 0.4) is 0 Å². The van der Waals surface area contributed by atoms with Crippen LogP contribution >= 0.6 is 0 Å². The molecular weight excluding hydrogens is 308 g/mol. The Morgan fingerprint density at radius 2 is 2.08 bits per heavy atom. The van der Waals surface area contributed by atoms with Crippen LogP contribution in [0.2, 0.25) is 0 Å². The molecule has 0 bridgehead atoms. The number of aromatic hydroxyl groups is 1. The normalized spacial score (nSPS) is 37.3. The first kappa shape index (κ1) is 17.4. The number of hydrogen-bond donors (Lipinski definition) is 1. The topological polar surface area (TPSA) is 29.5 Å². The van der Waals surface area contributed by atoms with E-state index in [0.717, 1.165) is 24.9 Å². The summed E-state index contributed by atoms with van der Waals surface area (Å²) in [6, 6.07) is 6.11. The van der Waals surface area contributed by atoms with Crippen molar-refractivity contribution in [3.05, 3.63) is 29.3 Å². The fourth-order valence-electron chi connectivity index (χ4n) is 6.09. The van der Waals surface area contributed by atoms with Gasteiger partial charge in [-0.2, -0.15) is 0 Å². The average Bonchev–Trinajstić information content (AvgIpc) is 3.02. The summed E-state index contributed by atoms with van der Waals surface area (Å²) in [5, 5.41) is 9.93.